The molecule has 0 N–H and O–H groups in total. The van der Waals surface area contributed by atoms with Gasteiger partial charge in [-0.15, -0.1) is 12.4 Å². The van der Waals surface area contributed by atoms with Gasteiger partial charge < -0.3 is 4.90 Å². The van der Waals surface area contributed by atoms with E-state index in [0.717, 1.165) is 17.9 Å². The smallest absolute Gasteiger partial charge is 0.0558 e. The van der Waals surface area contributed by atoms with Gasteiger partial charge in [0.2, 0.25) is 0 Å². The lowest BCUT2D eigenvalue weighted by molar-refractivity contribution is 0.333. The van der Waals surface area contributed by atoms with E-state index < -0.39 is 10.8 Å². The first-order valence-corrected chi connectivity index (χ1v) is 7.66. The van der Waals surface area contributed by atoms with Gasteiger partial charge >= 0.3 is 0 Å². The SMILES string of the molecule is CC(CCN1CCCC1)S(=O)c1ccccc1.Cl. The first-order chi connectivity index (χ1) is 8.27. The van der Waals surface area contributed by atoms with Gasteiger partial charge in [0.15, 0.2) is 0 Å². The number of benzene rings is 1. The van der Waals surface area contributed by atoms with Gasteiger partial charge in [-0.2, -0.15) is 0 Å². The molecule has 0 bridgehead atoms. The molecule has 4 heteroatoms. The van der Waals surface area contributed by atoms with Gasteiger partial charge in [0.1, 0.15) is 0 Å². The minimum atomic E-state index is -0.855. The van der Waals surface area contributed by atoms with E-state index in [2.05, 4.69) is 11.8 Å². The van der Waals surface area contributed by atoms with E-state index in [1.165, 1.54) is 25.9 Å². The van der Waals surface area contributed by atoms with Gasteiger partial charge in [-0.1, -0.05) is 25.1 Å². The summed E-state index contributed by atoms with van der Waals surface area (Å²) in [7, 11) is -0.855. The fraction of sp³-hybridized carbons (Fsp3) is 0.571. The highest BCUT2D eigenvalue weighted by atomic mass is 35.5. The largest absolute Gasteiger partial charge is 0.303 e. The second-order valence-electron chi connectivity index (χ2n) is 4.76. The average Bonchev–Trinajstić information content (AvgIpc) is 2.89. The molecule has 2 rings (SSSR count). The topological polar surface area (TPSA) is 20.3 Å². The molecule has 2 unspecified atom stereocenters. The summed E-state index contributed by atoms with van der Waals surface area (Å²) in [6, 6.07) is 9.81. The van der Waals surface area contributed by atoms with Gasteiger partial charge in [0.05, 0.1) is 10.8 Å². The summed E-state index contributed by atoms with van der Waals surface area (Å²) in [5.41, 5.74) is 0. The van der Waals surface area contributed by atoms with Crippen molar-refractivity contribution in [3.63, 3.8) is 0 Å². The monoisotopic (exact) mass is 287 g/mol. The van der Waals surface area contributed by atoms with Crippen LogP contribution >= 0.6 is 12.4 Å². The van der Waals surface area contributed by atoms with Crippen molar-refractivity contribution < 1.29 is 4.21 Å². The predicted molar refractivity (Wildman–Crippen MR) is 79.9 cm³/mol. The lowest BCUT2D eigenvalue weighted by Crippen LogP contribution is -2.25. The maximum atomic E-state index is 12.2. The van der Waals surface area contributed by atoms with Crippen molar-refractivity contribution in [1.82, 2.24) is 4.90 Å². The normalized spacial score (nSPS) is 19.2. The number of hydrogen-bond donors (Lipinski definition) is 0. The Bertz CT molecular complexity index is 365. The summed E-state index contributed by atoms with van der Waals surface area (Å²) in [5.74, 6) is 0. The summed E-state index contributed by atoms with van der Waals surface area (Å²) in [5, 5.41) is 0.248. The third-order valence-corrected chi connectivity index (χ3v) is 5.09. The Hall–Kier alpha value is -0.380. The Morgan fingerprint density at radius 1 is 1.22 bits per heavy atom. The Labute approximate surface area is 119 Å². The molecule has 1 heterocycles. The minimum absolute atomic E-state index is 0. The third kappa shape index (κ3) is 4.38. The summed E-state index contributed by atoms with van der Waals surface area (Å²) in [6.45, 7) is 5.65. The van der Waals surface area contributed by atoms with E-state index in [1.54, 1.807) is 0 Å². The summed E-state index contributed by atoms with van der Waals surface area (Å²) in [6.07, 6.45) is 3.69. The van der Waals surface area contributed by atoms with Crippen LogP contribution < -0.4 is 0 Å². The van der Waals surface area contributed by atoms with Crippen LogP contribution in [0.15, 0.2) is 35.2 Å². The van der Waals surface area contributed by atoms with Crippen LogP contribution in [0.3, 0.4) is 0 Å². The molecule has 102 valence electrons. The number of halogens is 1. The van der Waals surface area contributed by atoms with Gasteiger partial charge in [0.25, 0.3) is 0 Å². The standard InChI is InChI=1S/C14H21NOS.ClH/c1-13(9-12-15-10-5-6-11-15)17(16)14-7-3-2-4-8-14;/h2-4,7-8,13H,5-6,9-12H2,1H3;1H. The molecule has 0 amide bonds. The van der Waals surface area contributed by atoms with E-state index in [4.69, 9.17) is 0 Å². The summed E-state index contributed by atoms with van der Waals surface area (Å²) >= 11 is 0. The molecule has 1 aliphatic heterocycles. The van der Waals surface area contributed by atoms with E-state index in [0.29, 0.717) is 0 Å². The maximum absolute atomic E-state index is 12.2. The number of nitrogens with zero attached hydrogens (tertiary/aromatic N) is 1. The quantitative estimate of drug-likeness (QED) is 0.829. The van der Waals surface area contributed by atoms with Crippen LogP contribution in [0, 0.1) is 0 Å². The van der Waals surface area contributed by atoms with Crippen molar-refractivity contribution >= 4 is 23.2 Å². The van der Waals surface area contributed by atoms with Crippen molar-refractivity contribution in [2.75, 3.05) is 19.6 Å². The Balaban J connectivity index is 0.00000162. The lowest BCUT2D eigenvalue weighted by atomic mass is 10.3. The molecule has 18 heavy (non-hydrogen) atoms. The zero-order valence-electron chi connectivity index (χ0n) is 10.9. The first-order valence-electron chi connectivity index (χ1n) is 6.45. The zero-order valence-corrected chi connectivity index (χ0v) is 12.5. The molecule has 0 aliphatic carbocycles. The fourth-order valence-corrected chi connectivity index (χ4v) is 3.47. The molecule has 1 saturated heterocycles. The Morgan fingerprint density at radius 3 is 2.44 bits per heavy atom. The van der Waals surface area contributed by atoms with E-state index in [-0.39, 0.29) is 17.7 Å². The van der Waals surface area contributed by atoms with Gasteiger partial charge in [-0.05, 0) is 51.0 Å². The molecule has 0 spiro atoms. The second-order valence-corrected chi connectivity index (χ2v) is 6.63. The van der Waals surface area contributed by atoms with E-state index in [1.807, 2.05) is 30.3 Å². The molecular weight excluding hydrogens is 266 g/mol. The maximum Gasteiger partial charge on any atom is 0.0558 e. The fourth-order valence-electron chi connectivity index (χ4n) is 2.26. The Kier molecular flexibility index (Phi) is 6.90. The summed E-state index contributed by atoms with van der Waals surface area (Å²) < 4.78 is 12.2. The lowest BCUT2D eigenvalue weighted by Gasteiger charge is -2.17. The van der Waals surface area contributed by atoms with Crippen molar-refractivity contribution in [2.45, 2.75) is 36.3 Å². The minimum Gasteiger partial charge on any atom is -0.303 e. The molecule has 1 aliphatic rings. The van der Waals surface area contributed by atoms with E-state index in [9.17, 15) is 4.21 Å². The molecule has 0 radical (unpaired) electrons. The van der Waals surface area contributed by atoms with Crippen molar-refractivity contribution in [3.05, 3.63) is 30.3 Å². The molecule has 1 aromatic carbocycles. The highest BCUT2D eigenvalue weighted by Gasteiger charge is 2.16. The molecule has 0 aromatic heterocycles. The zero-order chi connectivity index (χ0) is 12.1. The van der Waals surface area contributed by atoms with Crippen LogP contribution in [-0.4, -0.2) is 34.0 Å². The summed E-state index contributed by atoms with van der Waals surface area (Å²) in [4.78, 5) is 3.44. The average molecular weight is 288 g/mol. The van der Waals surface area contributed by atoms with Crippen LogP contribution in [0.1, 0.15) is 26.2 Å². The van der Waals surface area contributed by atoms with E-state index >= 15 is 0 Å². The number of hydrogen-bond acceptors (Lipinski definition) is 2. The molecule has 0 saturated carbocycles. The second kappa shape index (κ2) is 7.93. The van der Waals surface area contributed by atoms with Gasteiger partial charge in [0, 0.05) is 10.1 Å². The highest BCUT2D eigenvalue weighted by molar-refractivity contribution is 7.85. The molecule has 2 atom stereocenters. The van der Waals surface area contributed by atoms with Crippen LogP contribution in [0.25, 0.3) is 0 Å². The molecular formula is C14H22ClNOS. The van der Waals surface area contributed by atoms with Crippen LogP contribution in [-0.2, 0) is 10.8 Å². The molecule has 1 fully saturated rings. The molecule has 2 nitrogen and oxygen atoms in total. The molecule has 1 aromatic rings. The van der Waals surface area contributed by atoms with Crippen LogP contribution in [0.4, 0.5) is 0 Å². The van der Waals surface area contributed by atoms with Crippen LogP contribution in [0.2, 0.25) is 0 Å². The first kappa shape index (κ1) is 15.7. The predicted octanol–water partition coefficient (Wildman–Crippen LogP) is 3.09. The number of rotatable bonds is 5. The van der Waals surface area contributed by atoms with Crippen molar-refractivity contribution in [2.24, 2.45) is 0 Å². The highest BCUT2D eigenvalue weighted by Crippen LogP contribution is 2.15. The van der Waals surface area contributed by atoms with Crippen molar-refractivity contribution in [1.29, 1.82) is 0 Å². The van der Waals surface area contributed by atoms with Gasteiger partial charge in [-0.3, -0.25) is 4.21 Å². The van der Waals surface area contributed by atoms with Crippen LogP contribution in [0.5, 0.6) is 0 Å². The number of likely N-dealkylation sites (tertiary alicyclic amines) is 1. The van der Waals surface area contributed by atoms with Gasteiger partial charge in [-0.25, -0.2) is 0 Å². The third-order valence-electron chi connectivity index (χ3n) is 3.39. The van der Waals surface area contributed by atoms with Crippen molar-refractivity contribution in [3.8, 4) is 0 Å². The Morgan fingerprint density at radius 2 is 1.83 bits per heavy atom.